The molecule has 1 aromatic carbocycles. The second-order valence-corrected chi connectivity index (χ2v) is 7.11. The van der Waals surface area contributed by atoms with Gasteiger partial charge in [-0.1, -0.05) is 19.4 Å². The molecular formula is C14H22FN3O2S. The molecule has 3 N–H and O–H groups in total. The van der Waals surface area contributed by atoms with Crippen LogP contribution in [0.15, 0.2) is 23.2 Å². The van der Waals surface area contributed by atoms with Crippen LogP contribution in [-0.2, 0) is 22.1 Å². The predicted molar refractivity (Wildman–Crippen MR) is 83.2 cm³/mol. The summed E-state index contributed by atoms with van der Waals surface area (Å²) < 4.78 is 36.1. The van der Waals surface area contributed by atoms with Crippen LogP contribution in [0.5, 0.6) is 0 Å². The van der Waals surface area contributed by atoms with Crippen LogP contribution in [-0.4, -0.2) is 27.2 Å². The lowest BCUT2D eigenvalue weighted by Crippen LogP contribution is -2.32. The van der Waals surface area contributed by atoms with E-state index in [0.717, 1.165) is 25.6 Å². The van der Waals surface area contributed by atoms with Gasteiger partial charge in [-0.05, 0) is 29.7 Å². The molecule has 0 radical (unpaired) electrons. The number of hydrogen-bond acceptors (Lipinski definition) is 3. The first kappa shape index (κ1) is 17.4. The van der Waals surface area contributed by atoms with Gasteiger partial charge in [0.1, 0.15) is 5.82 Å². The number of rotatable bonds is 7. The van der Waals surface area contributed by atoms with Gasteiger partial charge in [-0.15, -0.1) is 0 Å². The van der Waals surface area contributed by atoms with Crippen LogP contribution in [0.3, 0.4) is 0 Å². The molecular weight excluding hydrogens is 293 g/mol. The highest BCUT2D eigenvalue weighted by molar-refractivity contribution is 7.89. The summed E-state index contributed by atoms with van der Waals surface area (Å²) in [5.41, 5.74) is 6.78. The third kappa shape index (κ3) is 7.08. The first-order valence-electron chi connectivity index (χ1n) is 6.80. The Morgan fingerprint density at radius 2 is 2.10 bits per heavy atom. The van der Waals surface area contributed by atoms with Crippen LogP contribution in [0, 0.1) is 5.82 Å². The summed E-state index contributed by atoms with van der Waals surface area (Å²) in [6, 6.07) is 4.02. The summed E-state index contributed by atoms with van der Waals surface area (Å²) in [5.74, 6) is -0.283. The summed E-state index contributed by atoms with van der Waals surface area (Å²) in [7, 11) is -3.19. The van der Waals surface area contributed by atoms with E-state index in [1.54, 1.807) is 0 Å². The molecule has 0 aliphatic carbocycles. The average Bonchev–Trinajstić information content (AvgIpc) is 2.38. The number of aliphatic imine (C=N–C) groups is 1. The summed E-state index contributed by atoms with van der Waals surface area (Å²) in [6.45, 7) is 2.94. The highest BCUT2D eigenvalue weighted by Gasteiger charge is 2.10. The second-order valence-electron chi connectivity index (χ2n) is 4.96. The van der Waals surface area contributed by atoms with E-state index >= 15 is 0 Å². The van der Waals surface area contributed by atoms with Gasteiger partial charge in [-0.25, -0.2) is 17.8 Å². The summed E-state index contributed by atoms with van der Waals surface area (Å²) >= 11 is 0. The molecule has 5 nitrogen and oxygen atoms in total. The number of sulfone groups is 1. The molecule has 0 heterocycles. The highest BCUT2D eigenvalue weighted by atomic mass is 32.2. The van der Waals surface area contributed by atoms with E-state index in [-0.39, 0.29) is 18.3 Å². The minimum atomic E-state index is -3.19. The Hall–Kier alpha value is -1.63. The molecule has 7 heteroatoms. The van der Waals surface area contributed by atoms with Gasteiger partial charge in [-0.2, -0.15) is 0 Å². The van der Waals surface area contributed by atoms with Crippen LogP contribution in [0.1, 0.15) is 30.9 Å². The summed E-state index contributed by atoms with van der Waals surface area (Å²) in [6.07, 6.45) is 3.17. The van der Waals surface area contributed by atoms with Crippen molar-refractivity contribution < 1.29 is 12.8 Å². The Labute approximate surface area is 125 Å². The molecule has 0 amide bonds. The molecule has 0 aromatic heterocycles. The molecule has 0 bridgehead atoms. The Kier molecular flexibility index (Phi) is 6.61. The zero-order chi connectivity index (χ0) is 15.9. The van der Waals surface area contributed by atoms with Gasteiger partial charge in [-0.3, -0.25) is 0 Å². The Balaban J connectivity index is 2.81. The van der Waals surface area contributed by atoms with Crippen molar-refractivity contribution in [1.29, 1.82) is 0 Å². The molecule has 0 aliphatic rings. The maximum atomic E-state index is 13.3. The van der Waals surface area contributed by atoms with Gasteiger partial charge >= 0.3 is 0 Å². The maximum absolute atomic E-state index is 13.3. The van der Waals surface area contributed by atoms with E-state index in [1.807, 2.05) is 0 Å². The molecule has 0 spiro atoms. The number of nitrogens with one attached hydrogen (secondary N) is 1. The maximum Gasteiger partial charge on any atom is 0.188 e. The average molecular weight is 315 g/mol. The van der Waals surface area contributed by atoms with Crippen molar-refractivity contribution in [2.45, 2.75) is 32.1 Å². The fourth-order valence-electron chi connectivity index (χ4n) is 1.78. The Morgan fingerprint density at radius 3 is 2.71 bits per heavy atom. The van der Waals surface area contributed by atoms with Crippen molar-refractivity contribution in [1.82, 2.24) is 5.32 Å². The van der Waals surface area contributed by atoms with Crippen LogP contribution >= 0.6 is 0 Å². The third-order valence-corrected chi connectivity index (χ3v) is 3.68. The number of hydrogen-bond donors (Lipinski definition) is 2. The van der Waals surface area contributed by atoms with Gasteiger partial charge < -0.3 is 11.1 Å². The van der Waals surface area contributed by atoms with Crippen molar-refractivity contribution in [2.24, 2.45) is 10.7 Å². The minimum absolute atomic E-state index is 0.138. The van der Waals surface area contributed by atoms with Gasteiger partial charge in [0, 0.05) is 12.8 Å². The van der Waals surface area contributed by atoms with E-state index < -0.39 is 15.7 Å². The lowest BCUT2D eigenvalue weighted by atomic mass is 10.1. The quantitative estimate of drug-likeness (QED) is 0.454. The van der Waals surface area contributed by atoms with E-state index in [1.165, 1.54) is 18.2 Å². The van der Waals surface area contributed by atoms with E-state index in [2.05, 4.69) is 17.2 Å². The van der Waals surface area contributed by atoms with Crippen molar-refractivity contribution in [3.05, 3.63) is 35.1 Å². The molecule has 1 aromatic rings. The number of guanidine groups is 1. The zero-order valence-corrected chi connectivity index (χ0v) is 13.2. The Morgan fingerprint density at radius 1 is 1.38 bits per heavy atom. The second kappa shape index (κ2) is 7.97. The van der Waals surface area contributed by atoms with E-state index in [9.17, 15) is 12.8 Å². The molecule has 118 valence electrons. The SMILES string of the molecule is CCCCNC(N)=NCc1cc(F)ccc1CS(C)(=O)=O. The highest BCUT2D eigenvalue weighted by Crippen LogP contribution is 2.15. The number of benzene rings is 1. The topological polar surface area (TPSA) is 84.5 Å². The monoisotopic (exact) mass is 315 g/mol. The van der Waals surface area contributed by atoms with Gasteiger partial charge in [0.15, 0.2) is 15.8 Å². The van der Waals surface area contributed by atoms with Gasteiger partial charge in [0.25, 0.3) is 0 Å². The summed E-state index contributed by atoms with van der Waals surface area (Å²) in [5, 5.41) is 2.95. The summed E-state index contributed by atoms with van der Waals surface area (Å²) in [4.78, 5) is 4.12. The number of unbranched alkanes of at least 4 members (excludes halogenated alkanes) is 1. The normalized spacial score (nSPS) is 12.4. The molecule has 21 heavy (non-hydrogen) atoms. The number of nitrogens with two attached hydrogens (primary N) is 1. The smallest absolute Gasteiger partial charge is 0.188 e. The van der Waals surface area contributed by atoms with Gasteiger partial charge in [0.2, 0.25) is 0 Å². The van der Waals surface area contributed by atoms with Crippen molar-refractivity contribution in [3.63, 3.8) is 0 Å². The predicted octanol–water partition coefficient (Wildman–Crippen LogP) is 1.57. The fraction of sp³-hybridized carbons (Fsp3) is 0.500. The fourth-order valence-corrected chi connectivity index (χ4v) is 2.63. The molecule has 0 saturated heterocycles. The number of nitrogens with zero attached hydrogens (tertiary/aromatic N) is 1. The molecule has 0 saturated carbocycles. The van der Waals surface area contributed by atoms with Crippen LogP contribution in [0.25, 0.3) is 0 Å². The van der Waals surface area contributed by atoms with Crippen molar-refractivity contribution >= 4 is 15.8 Å². The third-order valence-electron chi connectivity index (χ3n) is 2.84. The largest absolute Gasteiger partial charge is 0.370 e. The Bertz CT molecular complexity index is 600. The zero-order valence-electron chi connectivity index (χ0n) is 12.4. The van der Waals surface area contributed by atoms with Crippen LogP contribution < -0.4 is 11.1 Å². The molecule has 1 rings (SSSR count). The standard InChI is InChI=1S/C14H22FN3O2S/c1-3-4-7-17-14(16)18-9-12-8-13(15)6-5-11(12)10-21(2,19)20/h5-6,8H,3-4,7,9-10H2,1-2H3,(H3,16,17,18). The lowest BCUT2D eigenvalue weighted by Gasteiger charge is -2.08. The van der Waals surface area contributed by atoms with Crippen LogP contribution in [0.4, 0.5) is 4.39 Å². The first-order chi connectivity index (χ1) is 9.81. The molecule has 0 atom stereocenters. The van der Waals surface area contributed by atoms with Gasteiger partial charge in [0.05, 0.1) is 12.3 Å². The van der Waals surface area contributed by atoms with Crippen molar-refractivity contribution in [3.8, 4) is 0 Å². The van der Waals surface area contributed by atoms with Crippen molar-refractivity contribution in [2.75, 3.05) is 12.8 Å². The van der Waals surface area contributed by atoms with E-state index in [4.69, 9.17) is 5.73 Å². The first-order valence-corrected chi connectivity index (χ1v) is 8.86. The number of halogens is 1. The molecule has 0 aliphatic heterocycles. The minimum Gasteiger partial charge on any atom is -0.370 e. The van der Waals surface area contributed by atoms with Crippen LogP contribution in [0.2, 0.25) is 0 Å². The van der Waals surface area contributed by atoms with E-state index in [0.29, 0.717) is 11.1 Å². The molecule has 0 fully saturated rings. The molecule has 0 unspecified atom stereocenters. The lowest BCUT2D eigenvalue weighted by molar-refractivity contribution is 0.600.